The molecule has 0 bridgehead atoms. The van der Waals surface area contributed by atoms with Crippen LogP contribution in [-0.4, -0.2) is 31.7 Å². The molecule has 1 aliphatic rings. The summed E-state index contributed by atoms with van der Waals surface area (Å²) >= 11 is 0. The van der Waals surface area contributed by atoms with Gasteiger partial charge in [0.05, 0.1) is 6.54 Å². The third-order valence-electron chi connectivity index (χ3n) is 3.63. The van der Waals surface area contributed by atoms with Crippen molar-refractivity contribution in [2.75, 3.05) is 26.8 Å². The van der Waals surface area contributed by atoms with Gasteiger partial charge in [0.1, 0.15) is 11.5 Å². The summed E-state index contributed by atoms with van der Waals surface area (Å²) in [7, 11) is 2.15. The van der Waals surface area contributed by atoms with Gasteiger partial charge in [-0.1, -0.05) is 0 Å². The van der Waals surface area contributed by atoms with Crippen molar-refractivity contribution in [2.24, 2.45) is 11.7 Å². The van der Waals surface area contributed by atoms with Gasteiger partial charge in [-0.3, -0.25) is 4.90 Å². The number of hydrogen-bond donors (Lipinski definition) is 1. The van der Waals surface area contributed by atoms with E-state index in [1.165, 1.54) is 12.8 Å². The van der Waals surface area contributed by atoms with Crippen LogP contribution in [0.5, 0.6) is 0 Å². The van der Waals surface area contributed by atoms with Crippen LogP contribution in [0.25, 0.3) is 0 Å². The number of aryl methyl sites for hydroxylation is 1. The SMILES string of the molecule is Cc1oc(CN(C)CC2CCOCC2)cc1CN. The highest BCUT2D eigenvalue weighted by molar-refractivity contribution is 5.20. The number of hydrogen-bond acceptors (Lipinski definition) is 4. The zero-order valence-corrected chi connectivity index (χ0v) is 11.4. The van der Waals surface area contributed by atoms with E-state index in [9.17, 15) is 0 Å². The monoisotopic (exact) mass is 252 g/mol. The minimum Gasteiger partial charge on any atom is -0.465 e. The maximum atomic E-state index is 5.72. The van der Waals surface area contributed by atoms with E-state index >= 15 is 0 Å². The van der Waals surface area contributed by atoms with Gasteiger partial charge in [-0.2, -0.15) is 0 Å². The van der Waals surface area contributed by atoms with E-state index in [1.54, 1.807) is 0 Å². The van der Waals surface area contributed by atoms with E-state index in [2.05, 4.69) is 18.0 Å². The van der Waals surface area contributed by atoms with Crippen LogP contribution in [0.1, 0.15) is 29.9 Å². The minimum atomic E-state index is 0.555. The quantitative estimate of drug-likeness (QED) is 0.869. The molecule has 0 aliphatic carbocycles. The first kappa shape index (κ1) is 13.6. The van der Waals surface area contributed by atoms with Crippen LogP contribution in [0, 0.1) is 12.8 Å². The molecule has 102 valence electrons. The summed E-state index contributed by atoms with van der Waals surface area (Å²) < 4.78 is 11.1. The predicted octanol–water partition coefficient (Wildman–Crippen LogP) is 1.91. The number of ether oxygens (including phenoxy) is 1. The molecule has 2 N–H and O–H groups in total. The van der Waals surface area contributed by atoms with Gasteiger partial charge in [-0.15, -0.1) is 0 Å². The van der Waals surface area contributed by atoms with Gasteiger partial charge < -0.3 is 14.9 Å². The van der Waals surface area contributed by atoms with Gasteiger partial charge in [-0.05, 0) is 38.8 Å². The van der Waals surface area contributed by atoms with E-state index in [-0.39, 0.29) is 0 Å². The van der Waals surface area contributed by atoms with Gasteiger partial charge in [0.15, 0.2) is 0 Å². The van der Waals surface area contributed by atoms with Crippen molar-refractivity contribution in [2.45, 2.75) is 32.9 Å². The first-order valence-electron chi connectivity index (χ1n) is 6.73. The number of furan rings is 1. The lowest BCUT2D eigenvalue weighted by Gasteiger charge is -2.26. The molecule has 1 saturated heterocycles. The average Bonchev–Trinajstić information content (AvgIpc) is 2.70. The summed E-state index contributed by atoms with van der Waals surface area (Å²) in [5, 5.41) is 0. The second-order valence-electron chi connectivity index (χ2n) is 5.25. The summed E-state index contributed by atoms with van der Waals surface area (Å²) in [6.07, 6.45) is 2.35. The summed E-state index contributed by atoms with van der Waals surface area (Å²) in [6.45, 7) is 6.33. The molecule has 0 spiro atoms. The predicted molar refractivity (Wildman–Crippen MR) is 71.2 cm³/mol. The van der Waals surface area contributed by atoms with E-state index < -0.39 is 0 Å². The molecule has 0 amide bonds. The maximum absolute atomic E-state index is 5.72. The fraction of sp³-hybridized carbons (Fsp3) is 0.714. The molecular formula is C14H24N2O2. The molecule has 0 unspecified atom stereocenters. The second-order valence-corrected chi connectivity index (χ2v) is 5.25. The maximum Gasteiger partial charge on any atom is 0.118 e. The number of rotatable bonds is 5. The molecule has 0 aromatic carbocycles. The highest BCUT2D eigenvalue weighted by Crippen LogP contribution is 2.19. The molecule has 18 heavy (non-hydrogen) atoms. The van der Waals surface area contributed by atoms with Crippen LogP contribution in [0.4, 0.5) is 0 Å². The highest BCUT2D eigenvalue weighted by atomic mass is 16.5. The van der Waals surface area contributed by atoms with Crippen LogP contribution in [0.2, 0.25) is 0 Å². The minimum absolute atomic E-state index is 0.555. The van der Waals surface area contributed by atoms with Gasteiger partial charge in [0.2, 0.25) is 0 Å². The Morgan fingerprint density at radius 2 is 2.11 bits per heavy atom. The lowest BCUT2D eigenvalue weighted by molar-refractivity contribution is 0.0542. The zero-order valence-electron chi connectivity index (χ0n) is 11.4. The molecule has 2 rings (SSSR count). The molecule has 1 aromatic heterocycles. The standard InChI is InChI=1S/C14H24N2O2/c1-11-13(8-15)7-14(18-11)10-16(2)9-12-3-5-17-6-4-12/h7,12H,3-6,8-10,15H2,1-2H3. The summed E-state index contributed by atoms with van der Waals surface area (Å²) in [6, 6.07) is 2.08. The molecule has 4 nitrogen and oxygen atoms in total. The van der Waals surface area contributed by atoms with Crippen LogP contribution >= 0.6 is 0 Å². The Labute approximate surface area is 109 Å². The van der Waals surface area contributed by atoms with Crippen molar-refractivity contribution < 1.29 is 9.15 Å². The van der Waals surface area contributed by atoms with E-state index in [4.69, 9.17) is 14.9 Å². The third kappa shape index (κ3) is 3.57. The Kier molecular flexibility index (Phi) is 4.80. The van der Waals surface area contributed by atoms with Crippen LogP contribution in [0.3, 0.4) is 0 Å². The molecule has 0 saturated carbocycles. The largest absolute Gasteiger partial charge is 0.465 e. The van der Waals surface area contributed by atoms with E-state index in [0.717, 1.165) is 49.3 Å². The average molecular weight is 252 g/mol. The fourth-order valence-electron chi connectivity index (χ4n) is 2.57. The van der Waals surface area contributed by atoms with Crippen molar-refractivity contribution in [3.05, 3.63) is 23.2 Å². The molecule has 4 heteroatoms. The summed E-state index contributed by atoms with van der Waals surface area (Å²) in [5.74, 6) is 2.73. The smallest absolute Gasteiger partial charge is 0.118 e. The molecule has 1 aromatic rings. The van der Waals surface area contributed by atoms with Crippen LogP contribution in [-0.2, 0) is 17.8 Å². The summed E-state index contributed by atoms with van der Waals surface area (Å²) in [5.41, 5.74) is 6.77. The molecule has 2 heterocycles. The lowest BCUT2D eigenvalue weighted by atomic mass is 10.00. The van der Waals surface area contributed by atoms with Crippen LogP contribution < -0.4 is 5.73 Å². The number of nitrogens with two attached hydrogens (primary N) is 1. The number of nitrogens with zero attached hydrogens (tertiary/aromatic N) is 1. The Morgan fingerprint density at radius 1 is 1.39 bits per heavy atom. The van der Waals surface area contributed by atoms with Gasteiger partial charge in [0.25, 0.3) is 0 Å². The Bertz CT molecular complexity index is 370. The lowest BCUT2D eigenvalue weighted by Crippen LogP contribution is -2.29. The van der Waals surface area contributed by atoms with E-state index in [1.807, 2.05) is 6.92 Å². The molecule has 0 radical (unpaired) electrons. The first-order chi connectivity index (χ1) is 8.69. The third-order valence-corrected chi connectivity index (χ3v) is 3.63. The Morgan fingerprint density at radius 3 is 2.72 bits per heavy atom. The van der Waals surface area contributed by atoms with Crippen molar-refractivity contribution in [1.29, 1.82) is 0 Å². The Hall–Kier alpha value is -0.840. The van der Waals surface area contributed by atoms with Crippen molar-refractivity contribution >= 4 is 0 Å². The Balaban J connectivity index is 1.83. The van der Waals surface area contributed by atoms with Gasteiger partial charge >= 0.3 is 0 Å². The zero-order chi connectivity index (χ0) is 13.0. The summed E-state index contributed by atoms with van der Waals surface area (Å²) in [4.78, 5) is 2.33. The van der Waals surface area contributed by atoms with Gasteiger partial charge in [-0.25, -0.2) is 0 Å². The second kappa shape index (κ2) is 6.36. The molecule has 1 aliphatic heterocycles. The van der Waals surface area contributed by atoms with Crippen molar-refractivity contribution in [3.8, 4) is 0 Å². The molecule has 0 atom stereocenters. The molecule has 1 fully saturated rings. The highest BCUT2D eigenvalue weighted by Gasteiger charge is 2.16. The normalized spacial score (nSPS) is 17.6. The van der Waals surface area contributed by atoms with Crippen molar-refractivity contribution in [1.82, 2.24) is 4.90 Å². The fourth-order valence-corrected chi connectivity index (χ4v) is 2.57. The van der Waals surface area contributed by atoms with Crippen molar-refractivity contribution in [3.63, 3.8) is 0 Å². The van der Waals surface area contributed by atoms with E-state index in [0.29, 0.717) is 6.54 Å². The topological polar surface area (TPSA) is 51.6 Å². The molecular weight excluding hydrogens is 228 g/mol. The van der Waals surface area contributed by atoms with Crippen LogP contribution in [0.15, 0.2) is 10.5 Å². The first-order valence-corrected chi connectivity index (χ1v) is 6.73. The van der Waals surface area contributed by atoms with Gasteiger partial charge in [0, 0.05) is 31.9 Å².